The van der Waals surface area contributed by atoms with E-state index in [2.05, 4.69) is 4.98 Å². The Hall–Kier alpha value is -2.70. The predicted octanol–water partition coefficient (Wildman–Crippen LogP) is 4.23. The number of nitrogens with zero attached hydrogens (tertiary/aromatic N) is 1. The van der Waals surface area contributed by atoms with Crippen molar-refractivity contribution in [2.45, 2.75) is 6.42 Å². The van der Waals surface area contributed by atoms with Crippen molar-refractivity contribution in [3.63, 3.8) is 0 Å². The molecule has 2 aromatic carbocycles. The quantitative estimate of drug-likeness (QED) is 0.565. The number of phenolic OH excluding ortho intramolecular Hbond substituents is 1. The third-order valence-electron chi connectivity index (χ3n) is 3.40. The van der Waals surface area contributed by atoms with Gasteiger partial charge in [-0.15, -0.1) is 0 Å². The van der Waals surface area contributed by atoms with Gasteiger partial charge in [0.1, 0.15) is 5.52 Å². The monoisotopic (exact) mass is 325 g/mol. The molecule has 23 heavy (non-hydrogen) atoms. The van der Waals surface area contributed by atoms with Crippen LogP contribution in [0.15, 0.2) is 30.3 Å². The van der Waals surface area contributed by atoms with Gasteiger partial charge in [-0.1, -0.05) is 30.3 Å². The lowest BCUT2D eigenvalue weighted by Crippen LogP contribution is -2.05. The number of rotatable bonds is 2. The Morgan fingerprint density at radius 1 is 0.783 bits per heavy atom. The molecule has 0 aliphatic carbocycles. The highest BCUT2D eigenvalue weighted by Gasteiger charge is 2.27. The van der Waals surface area contributed by atoms with Crippen LogP contribution >= 0.6 is 0 Å². The number of fused-ring (bicyclic) bond motifs is 1. The molecule has 1 aromatic heterocycles. The van der Waals surface area contributed by atoms with E-state index < -0.39 is 51.4 Å². The number of hydrogen-bond acceptors (Lipinski definition) is 2. The average Bonchev–Trinajstić information content (AvgIpc) is 2.56. The first-order valence-corrected chi connectivity index (χ1v) is 6.48. The summed E-state index contributed by atoms with van der Waals surface area (Å²) in [6.45, 7) is 0. The van der Waals surface area contributed by atoms with Crippen LogP contribution in [0.4, 0.5) is 22.0 Å². The smallest absolute Gasteiger partial charge is 0.205 e. The number of benzene rings is 2. The third kappa shape index (κ3) is 2.38. The zero-order chi connectivity index (χ0) is 16.7. The van der Waals surface area contributed by atoms with Crippen LogP contribution in [0.5, 0.6) is 5.75 Å². The van der Waals surface area contributed by atoms with Gasteiger partial charge >= 0.3 is 0 Å². The fourth-order valence-corrected chi connectivity index (χ4v) is 2.27. The average molecular weight is 325 g/mol. The second-order valence-corrected chi connectivity index (χ2v) is 4.86. The minimum atomic E-state index is -2.09. The maximum absolute atomic E-state index is 14.1. The van der Waals surface area contributed by atoms with Gasteiger partial charge in [0.15, 0.2) is 29.0 Å². The summed E-state index contributed by atoms with van der Waals surface area (Å²) in [5, 5.41) is 8.31. The van der Waals surface area contributed by atoms with Gasteiger partial charge in [0.2, 0.25) is 5.82 Å². The normalized spacial score (nSPS) is 11.2. The molecular weight excluding hydrogens is 317 g/mol. The molecule has 3 rings (SSSR count). The van der Waals surface area contributed by atoms with Gasteiger partial charge in [0.25, 0.3) is 0 Å². The van der Waals surface area contributed by atoms with Crippen LogP contribution in [0.1, 0.15) is 11.3 Å². The van der Waals surface area contributed by atoms with Gasteiger partial charge in [-0.05, 0) is 5.56 Å². The first kappa shape index (κ1) is 15.2. The van der Waals surface area contributed by atoms with Crippen LogP contribution in [0, 0.1) is 29.1 Å². The largest absolute Gasteiger partial charge is 0.503 e. The Labute approximate surface area is 126 Å². The lowest BCUT2D eigenvalue weighted by molar-refractivity contribution is 0.391. The summed E-state index contributed by atoms with van der Waals surface area (Å²) < 4.78 is 68.4. The summed E-state index contributed by atoms with van der Waals surface area (Å²) in [7, 11) is 0. The minimum absolute atomic E-state index is 0.167. The lowest BCUT2D eigenvalue weighted by Gasteiger charge is -2.10. The van der Waals surface area contributed by atoms with Crippen molar-refractivity contribution < 1.29 is 27.1 Å². The molecule has 0 amide bonds. The van der Waals surface area contributed by atoms with E-state index in [9.17, 15) is 27.1 Å². The second-order valence-electron chi connectivity index (χ2n) is 4.86. The number of phenols is 1. The summed E-state index contributed by atoms with van der Waals surface area (Å²) in [5.41, 5.74) is -0.756. The summed E-state index contributed by atoms with van der Waals surface area (Å²) >= 11 is 0. The molecule has 1 N–H and O–H groups in total. The maximum Gasteiger partial charge on any atom is 0.205 e. The van der Waals surface area contributed by atoms with E-state index >= 15 is 0 Å². The van der Waals surface area contributed by atoms with E-state index in [1.165, 1.54) is 0 Å². The summed E-state index contributed by atoms with van der Waals surface area (Å²) in [6, 6.07) is 8.28. The van der Waals surface area contributed by atoms with E-state index in [1.807, 2.05) is 0 Å². The first-order chi connectivity index (χ1) is 10.9. The summed E-state index contributed by atoms with van der Waals surface area (Å²) in [6.07, 6.45) is -0.167. The van der Waals surface area contributed by atoms with Crippen molar-refractivity contribution in [1.82, 2.24) is 4.98 Å². The zero-order valence-electron chi connectivity index (χ0n) is 11.4. The lowest BCUT2D eigenvalue weighted by atomic mass is 10.1. The van der Waals surface area contributed by atoms with Crippen LogP contribution in [-0.4, -0.2) is 10.1 Å². The van der Waals surface area contributed by atoms with E-state index in [0.717, 1.165) is 0 Å². The van der Waals surface area contributed by atoms with Crippen LogP contribution in [-0.2, 0) is 6.42 Å². The Balaban J connectivity index is 2.28. The zero-order valence-corrected chi connectivity index (χ0v) is 11.4. The van der Waals surface area contributed by atoms with Gasteiger partial charge in [-0.25, -0.2) is 22.5 Å². The fraction of sp³-hybridized carbons (Fsp3) is 0.0625. The van der Waals surface area contributed by atoms with Crippen LogP contribution < -0.4 is 0 Å². The SMILES string of the molecule is Oc1c(F)c(F)c(F)c2c(F)c(F)c(Cc3ccccc3)nc12. The van der Waals surface area contributed by atoms with Gasteiger partial charge in [0, 0.05) is 6.42 Å². The van der Waals surface area contributed by atoms with Gasteiger partial charge in [-0.2, -0.15) is 4.39 Å². The van der Waals surface area contributed by atoms with Crippen molar-refractivity contribution in [2.75, 3.05) is 0 Å². The van der Waals surface area contributed by atoms with Crippen molar-refractivity contribution in [2.24, 2.45) is 0 Å². The predicted molar refractivity (Wildman–Crippen MR) is 72.4 cm³/mol. The van der Waals surface area contributed by atoms with Crippen LogP contribution in [0.25, 0.3) is 10.9 Å². The molecule has 0 aliphatic heterocycles. The molecule has 0 unspecified atom stereocenters. The molecular formula is C16H8F5NO. The molecule has 1 heterocycles. The summed E-state index contributed by atoms with van der Waals surface area (Å²) in [4.78, 5) is 3.58. The topological polar surface area (TPSA) is 33.1 Å². The fourth-order valence-electron chi connectivity index (χ4n) is 2.27. The molecule has 3 aromatic rings. The van der Waals surface area contributed by atoms with Crippen molar-refractivity contribution >= 4 is 10.9 Å². The van der Waals surface area contributed by atoms with Crippen LogP contribution in [0.2, 0.25) is 0 Å². The highest BCUT2D eigenvalue weighted by Crippen LogP contribution is 2.34. The van der Waals surface area contributed by atoms with E-state index in [1.54, 1.807) is 30.3 Å². The van der Waals surface area contributed by atoms with E-state index in [0.29, 0.717) is 5.56 Å². The molecule has 0 bridgehead atoms. The van der Waals surface area contributed by atoms with Crippen molar-refractivity contribution in [3.05, 3.63) is 70.7 Å². The minimum Gasteiger partial charge on any atom is -0.503 e. The Kier molecular flexibility index (Phi) is 3.63. The van der Waals surface area contributed by atoms with E-state index in [-0.39, 0.29) is 6.42 Å². The molecule has 0 atom stereocenters. The molecule has 2 nitrogen and oxygen atoms in total. The molecule has 0 spiro atoms. The third-order valence-corrected chi connectivity index (χ3v) is 3.40. The van der Waals surface area contributed by atoms with Gasteiger partial charge in [0.05, 0.1) is 11.1 Å². The molecule has 0 radical (unpaired) electrons. The Morgan fingerprint density at radius 3 is 2.04 bits per heavy atom. The molecule has 0 fully saturated rings. The van der Waals surface area contributed by atoms with Gasteiger partial charge in [-0.3, -0.25) is 0 Å². The number of hydrogen-bond donors (Lipinski definition) is 1. The Bertz CT molecular complexity index is 912. The highest BCUT2D eigenvalue weighted by atomic mass is 19.2. The standard InChI is InChI=1S/C16H8F5NO/c17-10-8(6-7-4-2-1-3-5-7)22-15-9(11(10)18)12(19)13(20)14(21)16(15)23/h1-5,23H,6H2. The van der Waals surface area contributed by atoms with Crippen molar-refractivity contribution in [3.8, 4) is 5.75 Å². The first-order valence-electron chi connectivity index (χ1n) is 6.48. The molecule has 0 saturated carbocycles. The maximum atomic E-state index is 14.1. The second kappa shape index (κ2) is 5.49. The Morgan fingerprint density at radius 2 is 1.39 bits per heavy atom. The molecule has 118 valence electrons. The van der Waals surface area contributed by atoms with E-state index in [4.69, 9.17) is 0 Å². The number of aromatic nitrogens is 1. The summed E-state index contributed by atoms with van der Waals surface area (Å²) in [5.74, 6) is -10.5. The molecule has 7 heteroatoms. The number of pyridine rings is 1. The van der Waals surface area contributed by atoms with Crippen LogP contribution in [0.3, 0.4) is 0 Å². The molecule has 0 aliphatic rings. The number of aromatic hydroxyl groups is 1. The van der Waals surface area contributed by atoms with Gasteiger partial charge < -0.3 is 5.11 Å². The number of halogens is 5. The van der Waals surface area contributed by atoms with Crippen molar-refractivity contribution in [1.29, 1.82) is 0 Å². The highest BCUT2D eigenvalue weighted by molar-refractivity contribution is 5.86. The molecule has 0 saturated heterocycles.